The highest BCUT2D eigenvalue weighted by molar-refractivity contribution is 5.99. The van der Waals surface area contributed by atoms with Crippen LogP contribution in [0.3, 0.4) is 0 Å². The second-order valence-corrected chi connectivity index (χ2v) is 8.51. The minimum absolute atomic E-state index is 0.0718. The molecule has 8 heteroatoms. The van der Waals surface area contributed by atoms with Gasteiger partial charge in [0.25, 0.3) is 11.8 Å². The molecule has 1 aromatic carbocycles. The average molecular weight is 419 g/mol. The lowest BCUT2D eigenvalue weighted by Crippen LogP contribution is -2.46. The van der Waals surface area contributed by atoms with Crippen molar-refractivity contribution in [2.75, 3.05) is 18.0 Å². The van der Waals surface area contributed by atoms with Gasteiger partial charge in [0.1, 0.15) is 11.6 Å². The van der Waals surface area contributed by atoms with Crippen molar-refractivity contribution in [3.8, 4) is 0 Å². The van der Waals surface area contributed by atoms with Crippen LogP contribution < -0.4 is 10.2 Å². The first-order valence-corrected chi connectivity index (χ1v) is 11.1. The van der Waals surface area contributed by atoms with Gasteiger partial charge in [-0.05, 0) is 51.5 Å². The summed E-state index contributed by atoms with van der Waals surface area (Å²) in [5.74, 6) is 1.33. The van der Waals surface area contributed by atoms with Crippen LogP contribution in [0.15, 0.2) is 34.5 Å². The number of hydrogen-bond donors (Lipinski definition) is 1. The van der Waals surface area contributed by atoms with Gasteiger partial charge in [-0.1, -0.05) is 18.2 Å². The summed E-state index contributed by atoms with van der Waals surface area (Å²) in [5, 5.41) is 10.8. The molecule has 1 saturated heterocycles. The number of azo groups is 1. The summed E-state index contributed by atoms with van der Waals surface area (Å²) in [4.78, 5) is 36.6. The molecule has 1 unspecified atom stereocenters. The Morgan fingerprint density at radius 3 is 2.71 bits per heavy atom. The number of nitrogens with one attached hydrogen (secondary N) is 1. The maximum absolute atomic E-state index is 12.9. The Bertz CT molecular complexity index is 1060. The molecule has 1 atom stereocenters. The molecule has 0 bridgehead atoms. The smallest absolute Gasteiger partial charge is 0.295 e. The van der Waals surface area contributed by atoms with Gasteiger partial charge >= 0.3 is 0 Å². The van der Waals surface area contributed by atoms with E-state index < -0.39 is 11.9 Å². The second kappa shape index (κ2) is 8.17. The van der Waals surface area contributed by atoms with Gasteiger partial charge in [-0.15, -0.1) is 5.11 Å². The van der Waals surface area contributed by atoms with E-state index in [4.69, 9.17) is 4.98 Å². The average Bonchev–Trinajstić information content (AvgIpc) is 2.79. The molecule has 8 nitrogen and oxygen atoms in total. The summed E-state index contributed by atoms with van der Waals surface area (Å²) in [6.07, 6.45) is 6.16. The van der Waals surface area contributed by atoms with Crippen LogP contribution in [0.1, 0.15) is 64.7 Å². The minimum Gasteiger partial charge on any atom is -0.356 e. The van der Waals surface area contributed by atoms with Crippen LogP contribution in [0, 0.1) is 6.92 Å². The highest BCUT2D eigenvalue weighted by Gasteiger charge is 2.32. The molecule has 1 N–H and O–H groups in total. The van der Waals surface area contributed by atoms with E-state index in [0.717, 1.165) is 50.4 Å². The number of nitrogens with zero attached hydrogens (tertiary/aromatic N) is 5. The second-order valence-electron chi connectivity index (χ2n) is 8.51. The molecule has 0 radical (unpaired) electrons. The third kappa shape index (κ3) is 3.82. The summed E-state index contributed by atoms with van der Waals surface area (Å²) >= 11 is 0. The summed E-state index contributed by atoms with van der Waals surface area (Å²) in [5.41, 5.74) is 3.60. The van der Waals surface area contributed by atoms with Crippen LogP contribution >= 0.6 is 0 Å². The van der Waals surface area contributed by atoms with Crippen molar-refractivity contribution in [2.45, 2.75) is 57.5 Å². The molecule has 160 valence electrons. The topological polar surface area (TPSA) is 99.9 Å². The fourth-order valence-electron chi connectivity index (χ4n) is 4.82. The fourth-order valence-corrected chi connectivity index (χ4v) is 4.82. The number of benzene rings is 1. The van der Waals surface area contributed by atoms with Crippen LogP contribution in [0.2, 0.25) is 0 Å². The van der Waals surface area contributed by atoms with Crippen molar-refractivity contribution in [3.05, 3.63) is 52.5 Å². The SMILES string of the molecule is Cc1nc2c(c(N3CCC(NC(=O)C4N=NC(=O)c5ccccc54)CC3)n1)CCCC2. The Labute approximate surface area is 181 Å². The van der Waals surface area contributed by atoms with Crippen molar-refractivity contribution in [3.63, 3.8) is 0 Å². The number of piperidine rings is 1. The molecule has 2 aromatic rings. The summed E-state index contributed by atoms with van der Waals surface area (Å²) < 4.78 is 0. The third-order valence-electron chi connectivity index (χ3n) is 6.41. The minimum atomic E-state index is -0.761. The summed E-state index contributed by atoms with van der Waals surface area (Å²) in [6, 6.07) is 6.37. The molecular formula is C23H26N6O2. The lowest BCUT2D eigenvalue weighted by Gasteiger charge is -2.35. The summed E-state index contributed by atoms with van der Waals surface area (Å²) in [7, 11) is 0. The Hall–Kier alpha value is -3.16. The van der Waals surface area contributed by atoms with E-state index in [1.165, 1.54) is 24.1 Å². The van der Waals surface area contributed by atoms with Crippen molar-refractivity contribution in [2.24, 2.45) is 10.2 Å². The van der Waals surface area contributed by atoms with E-state index >= 15 is 0 Å². The predicted molar refractivity (Wildman–Crippen MR) is 115 cm³/mol. The van der Waals surface area contributed by atoms with E-state index in [-0.39, 0.29) is 11.9 Å². The van der Waals surface area contributed by atoms with E-state index in [1.54, 1.807) is 18.2 Å². The number of carbonyl (C=O) groups excluding carboxylic acids is 2. The Morgan fingerprint density at radius 1 is 1.10 bits per heavy atom. The van der Waals surface area contributed by atoms with Gasteiger partial charge in [-0.25, -0.2) is 9.97 Å². The number of hydrogen-bond acceptors (Lipinski definition) is 6. The van der Waals surface area contributed by atoms with Crippen LogP contribution in [-0.4, -0.2) is 40.9 Å². The molecular weight excluding hydrogens is 392 g/mol. The molecule has 3 heterocycles. The monoisotopic (exact) mass is 418 g/mol. The van der Waals surface area contributed by atoms with Crippen molar-refractivity contribution >= 4 is 17.6 Å². The molecule has 2 aliphatic heterocycles. The first-order valence-electron chi connectivity index (χ1n) is 11.1. The van der Waals surface area contributed by atoms with Crippen molar-refractivity contribution in [1.82, 2.24) is 15.3 Å². The largest absolute Gasteiger partial charge is 0.356 e. The molecule has 1 aliphatic carbocycles. The zero-order chi connectivity index (χ0) is 21.4. The van der Waals surface area contributed by atoms with Gasteiger partial charge in [0.05, 0.1) is 0 Å². The Morgan fingerprint density at radius 2 is 1.87 bits per heavy atom. The summed E-state index contributed by atoms with van der Waals surface area (Å²) in [6.45, 7) is 3.65. The highest BCUT2D eigenvalue weighted by atomic mass is 16.2. The standard InChI is InChI=1S/C23H26N6O2/c1-14-24-19-9-5-4-8-18(19)21(25-14)29-12-10-15(11-13-29)26-23(31)20-16-6-2-3-7-17(16)22(30)28-27-20/h2-3,6-7,15,20H,4-5,8-13H2,1H3,(H,26,31). The van der Waals surface area contributed by atoms with E-state index in [1.807, 2.05) is 13.0 Å². The molecule has 5 rings (SSSR count). The predicted octanol–water partition coefficient (Wildman–Crippen LogP) is 3.10. The molecule has 0 saturated carbocycles. The maximum atomic E-state index is 12.9. The van der Waals surface area contributed by atoms with Gasteiger partial charge in [0, 0.05) is 41.5 Å². The lowest BCUT2D eigenvalue weighted by atomic mass is 9.95. The molecule has 1 fully saturated rings. The van der Waals surface area contributed by atoms with E-state index in [9.17, 15) is 9.59 Å². The molecule has 31 heavy (non-hydrogen) atoms. The first kappa shape index (κ1) is 19.8. The van der Waals surface area contributed by atoms with Gasteiger partial charge in [-0.2, -0.15) is 5.11 Å². The molecule has 3 aliphatic rings. The zero-order valence-corrected chi connectivity index (χ0v) is 17.7. The van der Waals surface area contributed by atoms with Gasteiger partial charge in [0.15, 0.2) is 6.04 Å². The van der Waals surface area contributed by atoms with Crippen LogP contribution in [-0.2, 0) is 17.6 Å². The quantitative estimate of drug-likeness (QED) is 0.826. The van der Waals surface area contributed by atoms with Gasteiger partial charge < -0.3 is 10.2 Å². The van der Waals surface area contributed by atoms with Crippen LogP contribution in [0.25, 0.3) is 0 Å². The van der Waals surface area contributed by atoms with Crippen LogP contribution in [0.5, 0.6) is 0 Å². The zero-order valence-electron chi connectivity index (χ0n) is 17.7. The van der Waals surface area contributed by atoms with E-state index in [2.05, 4.69) is 25.4 Å². The van der Waals surface area contributed by atoms with E-state index in [0.29, 0.717) is 11.1 Å². The highest BCUT2D eigenvalue weighted by Crippen LogP contribution is 2.31. The Balaban J connectivity index is 1.25. The van der Waals surface area contributed by atoms with Gasteiger partial charge in [-0.3, -0.25) is 9.59 Å². The number of anilines is 1. The first-order chi connectivity index (χ1) is 15.1. The Kier molecular flexibility index (Phi) is 5.21. The molecule has 0 spiro atoms. The maximum Gasteiger partial charge on any atom is 0.295 e. The van der Waals surface area contributed by atoms with Crippen molar-refractivity contribution in [1.29, 1.82) is 0 Å². The number of amides is 2. The van der Waals surface area contributed by atoms with Crippen molar-refractivity contribution < 1.29 is 9.59 Å². The molecule has 1 aromatic heterocycles. The third-order valence-corrected chi connectivity index (χ3v) is 6.41. The normalized spacial score (nSPS) is 20.9. The lowest BCUT2D eigenvalue weighted by molar-refractivity contribution is -0.123. The van der Waals surface area contributed by atoms with Gasteiger partial charge in [0.2, 0.25) is 0 Å². The number of aromatic nitrogens is 2. The fraction of sp³-hybridized carbons (Fsp3) is 0.478. The number of fused-ring (bicyclic) bond motifs is 2. The van der Waals surface area contributed by atoms with Crippen LogP contribution in [0.4, 0.5) is 5.82 Å². The molecule has 2 amide bonds. The number of rotatable bonds is 3. The number of carbonyl (C=O) groups is 2. The number of aryl methyl sites for hydroxylation is 2.